The first kappa shape index (κ1) is 22.0. The molecule has 0 unspecified atom stereocenters. The van der Waals surface area contributed by atoms with Gasteiger partial charge in [0.15, 0.2) is 0 Å². The van der Waals surface area contributed by atoms with E-state index in [2.05, 4.69) is 6.58 Å². The number of nitrogens with zero attached hydrogens (tertiary/aromatic N) is 3. The number of allylic oxidation sites excluding steroid dienone is 1. The lowest BCUT2D eigenvalue weighted by Gasteiger charge is -2.44. The molecule has 2 fully saturated rings. The Morgan fingerprint density at radius 1 is 1.31 bits per heavy atom. The molecule has 1 aliphatic carbocycles. The molecule has 3 atom stereocenters. The van der Waals surface area contributed by atoms with E-state index >= 15 is 0 Å². The minimum absolute atomic E-state index is 0.0639. The number of nitrogens with two attached hydrogens (primary N) is 1. The lowest BCUT2D eigenvalue weighted by Crippen LogP contribution is -2.62. The Kier molecular flexibility index (Phi) is 6.25. The summed E-state index contributed by atoms with van der Waals surface area (Å²) >= 11 is 0. The van der Waals surface area contributed by atoms with E-state index in [9.17, 15) is 19.5 Å². The third-order valence-corrected chi connectivity index (χ3v) is 6.22. The van der Waals surface area contributed by atoms with Crippen molar-refractivity contribution in [3.8, 4) is 0 Å². The molecule has 0 aromatic heterocycles. The quantitative estimate of drug-likeness (QED) is 0.615. The van der Waals surface area contributed by atoms with Crippen molar-refractivity contribution in [1.82, 2.24) is 14.7 Å². The third-order valence-electron chi connectivity index (χ3n) is 6.22. The number of hydrogen-bond donors (Lipinski definition) is 2. The van der Waals surface area contributed by atoms with E-state index in [-0.39, 0.29) is 24.5 Å². The van der Waals surface area contributed by atoms with Crippen LogP contribution in [0.3, 0.4) is 0 Å². The molecule has 3 N–H and O–H groups in total. The summed E-state index contributed by atoms with van der Waals surface area (Å²) in [4.78, 5) is 43.5. The van der Waals surface area contributed by atoms with Crippen LogP contribution in [-0.4, -0.2) is 75.5 Å². The Morgan fingerprint density at radius 2 is 2.12 bits per heavy atom. The van der Waals surface area contributed by atoms with Crippen molar-refractivity contribution in [2.75, 3.05) is 19.6 Å². The summed E-state index contributed by atoms with van der Waals surface area (Å²) < 4.78 is 0. The molecule has 8 nitrogen and oxygen atoms in total. The van der Waals surface area contributed by atoms with Crippen molar-refractivity contribution >= 4 is 17.7 Å². The number of carbonyl (C=O) groups is 3. The maximum atomic E-state index is 13.5. The van der Waals surface area contributed by atoms with Crippen LogP contribution in [-0.2, 0) is 16.1 Å². The highest BCUT2D eigenvalue weighted by Crippen LogP contribution is 2.31. The highest BCUT2D eigenvalue weighted by Gasteiger charge is 2.49. The average Bonchev–Trinajstić information content (AvgIpc) is 3.07. The van der Waals surface area contributed by atoms with Gasteiger partial charge in [-0.1, -0.05) is 36.4 Å². The largest absolute Gasteiger partial charge is 0.389 e. The molecule has 0 saturated carbocycles. The summed E-state index contributed by atoms with van der Waals surface area (Å²) in [5.41, 5.74) is 7.54. The first-order valence-electron chi connectivity index (χ1n) is 10.8. The van der Waals surface area contributed by atoms with Crippen LogP contribution in [0.1, 0.15) is 28.8 Å². The molecular weight excluding hydrogens is 408 g/mol. The van der Waals surface area contributed by atoms with Gasteiger partial charge in [-0.25, -0.2) is 0 Å². The van der Waals surface area contributed by atoms with E-state index in [1.165, 1.54) is 0 Å². The minimum Gasteiger partial charge on any atom is -0.389 e. The van der Waals surface area contributed by atoms with Crippen LogP contribution in [0, 0.1) is 0 Å². The molecular formula is C24H28N4O4. The fourth-order valence-electron chi connectivity index (χ4n) is 4.66. The lowest BCUT2D eigenvalue weighted by atomic mass is 9.95. The maximum Gasteiger partial charge on any atom is 0.248 e. The van der Waals surface area contributed by atoms with E-state index in [4.69, 9.17) is 5.73 Å². The summed E-state index contributed by atoms with van der Waals surface area (Å²) in [6, 6.07) is 6.33. The fraction of sp³-hybridized carbons (Fsp3) is 0.375. The molecule has 2 heterocycles. The van der Waals surface area contributed by atoms with E-state index in [1.807, 2.05) is 23.1 Å². The second-order valence-electron chi connectivity index (χ2n) is 8.44. The van der Waals surface area contributed by atoms with Gasteiger partial charge in [0.25, 0.3) is 0 Å². The molecule has 168 valence electrons. The van der Waals surface area contributed by atoms with Gasteiger partial charge in [-0.05, 0) is 29.7 Å². The molecule has 3 aliphatic rings. The van der Waals surface area contributed by atoms with Gasteiger partial charge in [-0.15, -0.1) is 6.58 Å². The molecule has 32 heavy (non-hydrogen) atoms. The zero-order valence-corrected chi connectivity index (χ0v) is 17.9. The molecule has 0 radical (unpaired) electrons. The number of primary amides is 1. The number of piperazine rings is 1. The monoisotopic (exact) mass is 436 g/mol. The Balaban J connectivity index is 1.62. The SMILES string of the molecule is C=CCN1CC(=O)N2[C@@H]1CN(Cc1cccc(C(N)=O)c1)C(=O)[C@@H]2CC1=CC[C@@H](O)C=C1. The Labute approximate surface area is 187 Å². The second kappa shape index (κ2) is 9.10. The van der Waals surface area contributed by atoms with Gasteiger partial charge in [-0.3, -0.25) is 19.3 Å². The van der Waals surface area contributed by atoms with Gasteiger partial charge in [-0.2, -0.15) is 0 Å². The van der Waals surface area contributed by atoms with Gasteiger partial charge in [0, 0.05) is 25.1 Å². The number of rotatable bonds is 7. The number of aliphatic hydroxyl groups is 1. The average molecular weight is 437 g/mol. The standard InChI is InChI=1S/C24H28N4O4/c1-2-10-26-15-22(30)28-20(12-16-6-8-19(29)9-7-16)24(32)27(14-21(26)28)13-17-4-3-5-18(11-17)23(25)31/h2-8,11,19-21,29H,1,9-10,12-15H2,(H2,25,31)/t19-,20-,21+/m0/s1. The number of carbonyl (C=O) groups excluding carboxylic acids is 3. The first-order chi connectivity index (χ1) is 15.4. The van der Waals surface area contributed by atoms with Crippen LogP contribution in [0.2, 0.25) is 0 Å². The topological polar surface area (TPSA) is 107 Å². The predicted octanol–water partition coefficient (Wildman–Crippen LogP) is 0.790. The van der Waals surface area contributed by atoms with Crippen molar-refractivity contribution in [2.24, 2.45) is 5.73 Å². The van der Waals surface area contributed by atoms with Gasteiger partial charge >= 0.3 is 0 Å². The molecule has 2 saturated heterocycles. The van der Waals surface area contributed by atoms with Crippen molar-refractivity contribution < 1.29 is 19.5 Å². The summed E-state index contributed by atoms with van der Waals surface area (Å²) in [7, 11) is 0. The molecule has 0 spiro atoms. The van der Waals surface area contributed by atoms with Crippen LogP contribution in [0.15, 0.2) is 60.7 Å². The Morgan fingerprint density at radius 3 is 2.81 bits per heavy atom. The summed E-state index contributed by atoms with van der Waals surface area (Å²) in [6.07, 6.45) is 7.36. The summed E-state index contributed by atoms with van der Waals surface area (Å²) in [6.45, 7) is 5.30. The molecule has 2 aliphatic heterocycles. The minimum atomic E-state index is -0.624. The summed E-state index contributed by atoms with van der Waals surface area (Å²) in [5.74, 6) is -0.705. The van der Waals surface area contributed by atoms with E-state index < -0.39 is 18.1 Å². The van der Waals surface area contributed by atoms with E-state index in [0.29, 0.717) is 38.0 Å². The van der Waals surface area contributed by atoms with Gasteiger partial charge in [0.1, 0.15) is 12.2 Å². The molecule has 3 amide bonds. The van der Waals surface area contributed by atoms with Crippen molar-refractivity contribution in [3.63, 3.8) is 0 Å². The zero-order valence-electron chi connectivity index (χ0n) is 17.9. The van der Waals surface area contributed by atoms with Gasteiger partial charge in [0.2, 0.25) is 17.7 Å². The third kappa shape index (κ3) is 4.37. The highest BCUT2D eigenvalue weighted by atomic mass is 16.3. The Bertz CT molecular complexity index is 1000. The van der Waals surface area contributed by atoms with Crippen molar-refractivity contribution in [3.05, 3.63) is 71.8 Å². The van der Waals surface area contributed by atoms with Crippen molar-refractivity contribution in [2.45, 2.75) is 37.7 Å². The van der Waals surface area contributed by atoms with Crippen LogP contribution < -0.4 is 5.73 Å². The molecule has 8 heteroatoms. The molecule has 1 aromatic rings. The molecule has 0 bridgehead atoms. The van der Waals surface area contributed by atoms with Crippen LogP contribution in [0.5, 0.6) is 0 Å². The number of aliphatic hydroxyl groups excluding tert-OH is 1. The second-order valence-corrected chi connectivity index (χ2v) is 8.44. The smallest absolute Gasteiger partial charge is 0.248 e. The number of benzene rings is 1. The maximum absolute atomic E-state index is 13.5. The predicted molar refractivity (Wildman–Crippen MR) is 119 cm³/mol. The van der Waals surface area contributed by atoms with E-state index in [1.54, 1.807) is 40.2 Å². The highest BCUT2D eigenvalue weighted by molar-refractivity contribution is 5.93. The normalized spacial score (nSPS) is 25.7. The van der Waals surface area contributed by atoms with Crippen LogP contribution >= 0.6 is 0 Å². The number of fused-ring (bicyclic) bond motifs is 1. The van der Waals surface area contributed by atoms with E-state index in [0.717, 1.165) is 11.1 Å². The lowest BCUT2D eigenvalue weighted by molar-refractivity contribution is -0.153. The zero-order chi connectivity index (χ0) is 22.8. The van der Waals surface area contributed by atoms with Crippen molar-refractivity contribution in [1.29, 1.82) is 0 Å². The van der Waals surface area contributed by atoms with Crippen LogP contribution in [0.4, 0.5) is 0 Å². The number of hydrogen-bond acceptors (Lipinski definition) is 5. The number of amides is 3. The van der Waals surface area contributed by atoms with Crippen LogP contribution in [0.25, 0.3) is 0 Å². The summed E-state index contributed by atoms with van der Waals surface area (Å²) in [5, 5.41) is 9.72. The first-order valence-corrected chi connectivity index (χ1v) is 10.8. The Hall–Kier alpha value is -3.23. The molecule has 4 rings (SSSR count). The van der Waals surface area contributed by atoms with Gasteiger partial charge < -0.3 is 20.6 Å². The fourth-order valence-corrected chi connectivity index (χ4v) is 4.66. The van der Waals surface area contributed by atoms with Gasteiger partial charge in [0.05, 0.1) is 19.2 Å². The molecule has 1 aromatic carbocycles.